The minimum Gasteiger partial charge on any atom is -0.356 e. The van der Waals surface area contributed by atoms with E-state index in [2.05, 4.69) is 10.6 Å². The Labute approximate surface area is 115 Å². The van der Waals surface area contributed by atoms with Crippen LogP contribution in [0.15, 0.2) is 0 Å². The van der Waals surface area contributed by atoms with E-state index < -0.39 is 0 Å². The summed E-state index contributed by atoms with van der Waals surface area (Å²) in [5.74, 6) is 0.140. The monoisotopic (exact) mass is 272 g/mol. The van der Waals surface area contributed by atoms with Gasteiger partial charge in [-0.3, -0.25) is 9.59 Å². The first-order valence-electron chi connectivity index (χ1n) is 7.14. The second kappa shape index (κ2) is 13.3. The first-order chi connectivity index (χ1) is 9.20. The lowest BCUT2D eigenvalue weighted by molar-refractivity contribution is -0.121. The molecule has 0 aromatic heterocycles. The first kappa shape index (κ1) is 17.9. The summed E-state index contributed by atoms with van der Waals surface area (Å²) in [6.07, 6.45) is 5.23. The molecule has 0 aliphatic carbocycles. The fourth-order valence-corrected chi connectivity index (χ4v) is 1.58. The molecule has 0 aromatic rings. The zero-order valence-corrected chi connectivity index (χ0v) is 11.7. The molecule has 0 rings (SSSR count). The third-order valence-corrected chi connectivity index (χ3v) is 2.71. The standard InChI is InChI=1S/C13H28N4O2/c14-8-4-10-16-12(18)6-2-1-3-7-13(19)17-11-5-9-15/h1-11,14-15H2,(H,16,18)(H,17,19). The van der Waals surface area contributed by atoms with E-state index in [-0.39, 0.29) is 11.8 Å². The zero-order chi connectivity index (χ0) is 14.3. The van der Waals surface area contributed by atoms with Gasteiger partial charge in [0.05, 0.1) is 0 Å². The largest absolute Gasteiger partial charge is 0.356 e. The molecule has 2 amide bonds. The van der Waals surface area contributed by atoms with Crippen molar-refractivity contribution in [2.24, 2.45) is 11.5 Å². The molecule has 0 saturated heterocycles. The summed E-state index contributed by atoms with van der Waals surface area (Å²) in [5, 5.41) is 5.62. The van der Waals surface area contributed by atoms with Gasteiger partial charge in [-0.25, -0.2) is 0 Å². The van der Waals surface area contributed by atoms with Crippen LogP contribution in [0.25, 0.3) is 0 Å². The van der Waals surface area contributed by atoms with Crippen LogP contribution in [-0.2, 0) is 9.59 Å². The number of nitrogens with one attached hydrogen (secondary N) is 2. The normalized spacial score (nSPS) is 10.2. The van der Waals surface area contributed by atoms with Crippen molar-refractivity contribution in [2.45, 2.75) is 44.9 Å². The highest BCUT2D eigenvalue weighted by molar-refractivity contribution is 5.76. The summed E-state index contributed by atoms with van der Waals surface area (Å²) in [5.41, 5.74) is 10.7. The first-order valence-corrected chi connectivity index (χ1v) is 7.14. The van der Waals surface area contributed by atoms with E-state index >= 15 is 0 Å². The highest BCUT2D eigenvalue weighted by atomic mass is 16.2. The molecule has 0 radical (unpaired) electrons. The fraction of sp³-hybridized carbons (Fsp3) is 0.846. The Bertz CT molecular complexity index is 223. The van der Waals surface area contributed by atoms with Gasteiger partial charge in [-0.15, -0.1) is 0 Å². The van der Waals surface area contributed by atoms with Crippen LogP contribution in [0.5, 0.6) is 0 Å². The Morgan fingerprint density at radius 2 is 1.11 bits per heavy atom. The molecule has 112 valence electrons. The maximum atomic E-state index is 11.3. The molecule has 0 bridgehead atoms. The average Bonchev–Trinajstić information content (AvgIpc) is 2.39. The van der Waals surface area contributed by atoms with E-state index in [9.17, 15) is 9.59 Å². The Kier molecular flexibility index (Phi) is 12.5. The van der Waals surface area contributed by atoms with Crippen LogP contribution in [0.2, 0.25) is 0 Å². The van der Waals surface area contributed by atoms with Gasteiger partial charge in [0.2, 0.25) is 11.8 Å². The van der Waals surface area contributed by atoms with Gasteiger partial charge in [-0.2, -0.15) is 0 Å². The molecule has 19 heavy (non-hydrogen) atoms. The van der Waals surface area contributed by atoms with Gasteiger partial charge in [0.25, 0.3) is 0 Å². The summed E-state index contributed by atoms with van der Waals surface area (Å²) in [7, 11) is 0. The molecule has 0 fully saturated rings. The minimum atomic E-state index is 0.0702. The van der Waals surface area contributed by atoms with Crippen LogP contribution in [0.4, 0.5) is 0 Å². The molecule has 6 N–H and O–H groups in total. The SMILES string of the molecule is NCCCNC(=O)CCCCCC(=O)NCCCN. The maximum Gasteiger partial charge on any atom is 0.219 e. The number of hydrogen-bond donors (Lipinski definition) is 4. The lowest BCUT2D eigenvalue weighted by Crippen LogP contribution is -2.26. The van der Waals surface area contributed by atoms with Gasteiger partial charge in [-0.05, 0) is 38.8 Å². The van der Waals surface area contributed by atoms with Crippen LogP contribution < -0.4 is 22.1 Å². The summed E-state index contributed by atoms with van der Waals surface area (Å²) < 4.78 is 0. The Morgan fingerprint density at radius 3 is 1.47 bits per heavy atom. The Morgan fingerprint density at radius 1 is 0.684 bits per heavy atom. The highest BCUT2D eigenvalue weighted by Crippen LogP contribution is 2.03. The van der Waals surface area contributed by atoms with Crippen molar-refractivity contribution in [1.29, 1.82) is 0 Å². The second-order valence-corrected chi connectivity index (χ2v) is 4.55. The fourth-order valence-electron chi connectivity index (χ4n) is 1.58. The zero-order valence-electron chi connectivity index (χ0n) is 11.7. The number of unbranched alkanes of at least 4 members (excludes halogenated alkanes) is 2. The van der Waals surface area contributed by atoms with Crippen LogP contribution in [0, 0.1) is 0 Å². The van der Waals surface area contributed by atoms with Gasteiger partial charge in [-0.1, -0.05) is 6.42 Å². The van der Waals surface area contributed by atoms with Gasteiger partial charge in [0.15, 0.2) is 0 Å². The molecule has 6 nitrogen and oxygen atoms in total. The number of nitrogens with two attached hydrogens (primary N) is 2. The topological polar surface area (TPSA) is 110 Å². The predicted molar refractivity (Wildman–Crippen MR) is 76.4 cm³/mol. The Balaban J connectivity index is 3.29. The van der Waals surface area contributed by atoms with Crippen molar-refractivity contribution in [3.8, 4) is 0 Å². The molecule has 0 aromatic carbocycles. The number of carbonyl (C=O) groups excluding carboxylic acids is 2. The van der Waals surface area contributed by atoms with E-state index in [0.717, 1.165) is 32.1 Å². The predicted octanol–water partition coefficient (Wildman–Crippen LogP) is -0.133. The summed E-state index contributed by atoms with van der Waals surface area (Å²) in [6, 6.07) is 0. The van der Waals surface area contributed by atoms with Crippen LogP contribution in [0.1, 0.15) is 44.9 Å². The summed E-state index contributed by atoms with van der Waals surface area (Å²) in [4.78, 5) is 22.7. The molecule has 0 spiro atoms. The maximum absolute atomic E-state index is 11.3. The van der Waals surface area contributed by atoms with Crippen molar-refractivity contribution in [2.75, 3.05) is 26.2 Å². The molecule has 0 saturated carbocycles. The molecule has 6 heteroatoms. The van der Waals surface area contributed by atoms with E-state index in [4.69, 9.17) is 11.5 Å². The van der Waals surface area contributed by atoms with Crippen molar-refractivity contribution >= 4 is 11.8 Å². The molecule has 0 heterocycles. The number of hydrogen-bond acceptors (Lipinski definition) is 4. The molecule has 0 aliphatic rings. The third-order valence-electron chi connectivity index (χ3n) is 2.71. The van der Waals surface area contributed by atoms with E-state index in [0.29, 0.717) is 39.0 Å². The molecule has 0 unspecified atom stereocenters. The molecular weight excluding hydrogens is 244 g/mol. The Hall–Kier alpha value is -1.14. The van der Waals surface area contributed by atoms with Crippen molar-refractivity contribution in [3.05, 3.63) is 0 Å². The van der Waals surface area contributed by atoms with Gasteiger partial charge < -0.3 is 22.1 Å². The van der Waals surface area contributed by atoms with Crippen molar-refractivity contribution < 1.29 is 9.59 Å². The second-order valence-electron chi connectivity index (χ2n) is 4.55. The summed E-state index contributed by atoms with van der Waals surface area (Å²) in [6.45, 7) is 2.50. The van der Waals surface area contributed by atoms with E-state index in [1.807, 2.05) is 0 Å². The van der Waals surface area contributed by atoms with E-state index in [1.165, 1.54) is 0 Å². The molecule has 0 atom stereocenters. The van der Waals surface area contributed by atoms with Crippen LogP contribution in [0.3, 0.4) is 0 Å². The summed E-state index contributed by atoms with van der Waals surface area (Å²) >= 11 is 0. The van der Waals surface area contributed by atoms with Gasteiger partial charge in [0.1, 0.15) is 0 Å². The quantitative estimate of drug-likeness (QED) is 0.371. The lowest BCUT2D eigenvalue weighted by atomic mass is 10.1. The minimum absolute atomic E-state index is 0.0702. The number of carbonyl (C=O) groups is 2. The van der Waals surface area contributed by atoms with Crippen LogP contribution in [-0.4, -0.2) is 38.0 Å². The van der Waals surface area contributed by atoms with Gasteiger partial charge in [0, 0.05) is 25.9 Å². The van der Waals surface area contributed by atoms with E-state index in [1.54, 1.807) is 0 Å². The highest BCUT2D eigenvalue weighted by Gasteiger charge is 2.02. The average molecular weight is 272 g/mol. The molecule has 0 aliphatic heterocycles. The number of rotatable bonds is 12. The van der Waals surface area contributed by atoms with Crippen molar-refractivity contribution in [3.63, 3.8) is 0 Å². The lowest BCUT2D eigenvalue weighted by Gasteiger charge is -2.05. The van der Waals surface area contributed by atoms with Crippen LogP contribution >= 0.6 is 0 Å². The number of amides is 2. The van der Waals surface area contributed by atoms with Gasteiger partial charge >= 0.3 is 0 Å². The third kappa shape index (κ3) is 13.1. The smallest absolute Gasteiger partial charge is 0.219 e. The molecular formula is C13H28N4O2. The van der Waals surface area contributed by atoms with Crippen molar-refractivity contribution in [1.82, 2.24) is 10.6 Å².